The molecule has 0 bridgehead atoms. The third-order valence-corrected chi connectivity index (χ3v) is 4.65. The Labute approximate surface area is 121 Å². The first-order chi connectivity index (χ1) is 8.09. The van der Waals surface area contributed by atoms with E-state index in [0.717, 1.165) is 24.8 Å². The molecule has 2 rings (SSSR count). The van der Waals surface area contributed by atoms with E-state index in [0.29, 0.717) is 11.4 Å². The summed E-state index contributed by atoms with van der Waals surface area (Å²) in [5.74, 6) is 0.286. The number of carbonyl (C=O) groups is 1. The number of benzene rings is 1. The van der Waals surface area contributed by atoms with Crippen LogP contribution in [0.15, 0.2) is 24.3 Å². The van der Waals surface area contributed by atoms with Crippen LogP contribution < -0.4 is 0 Å². The molecule has 0 unspecified atom stereocenters. The van der Waals surface area contributed by atoms with Crippen LogP contribution in [0.1, 0.15) is 31.2 Å². The summed E-state index contributed by atoms with van der Waals surface area (Å²) in [6, 6.07) is 7.69. The normalized spacial score (nSPS) is 25.3. The van der Waals surface area contributed by atoms with Gasteiger partial charge < -0.3 is 0 Å². The van der Waals surface area contributed by atoms with Crippen molar-refractivity contribution in [1.82, 2.24) is 3.11 Å². The number of likely N-dealkylation sites (N-methyl/N-ethyl adjacent to an activating group) is 1. The Morgan fingerprint density at radius 1 is 1.35 bits per heavy atom. The molecule has 1 aromatic rings. The van der Waals surface area contributed by atoms with Crippen LogP contribution in [0.5, 0.6) is 0 Å². The first-order valence-electron chi connectivity index (χ1n) is 5.77. The second kappa shape index (κ2) is 5.24. The van der Waals surface area contributed by atoms with Crippen molar-refractivity contribution in [3.8, 4) is 0 Å². The molecular formula is C13H15ClINO. The van der Waals surface area contributed by atoms with Crippen LogP contribution in [0.3, 0.4) is 0 Å². The summed E-state index contributed by atoms with van der Waals surface area (Å²) in [7, 11) is 1.95. The Bertz CT molecular complexity index is 435. The molecule has 1 atom stereocenters. The van der Waals surface area contributed by atoms with Crippen molar-refractivity contribution in [3.63, 3.8) is 0 Å². The van der Waals surface area contributed by atoms with Crippen LogP contribution in [0, 0.1) is 0 Å². The van der Waals surface area contributed by atoms with Gasteiger partial charge in [-0.3, -0.25) is 4.79 Å². The molecule has 0 aliphatic heterocycles. The molecule has 17 heavy (non-hydrogen) atoms. The van der Waals surface area contributed by atoms with E-state index in [9.17, 15) is 4.79 Å². The van der Waals surface area contributed by atoms with Gasteiger partial charge in [0.1, 0.15) is 5.54 Å². The van der Waals surface area contributed by atoms with Crippen LogP contribution in [-0.4, -0.2) is 15.9 Å². The van der Waals surface area contributed by atoms with Gasteiger partial charge in [-0.05, 0) is 31.5 Å². The van der Waals surface area contributed by atoms with Gasteiger partial charge in [-0.2, -0.15) is 0 Å². The molecule has 0 spiro atoms. The minimum Gasteiger partial charge on any atom is -0.297 e. The van der Waals surface area contributed by atoms with E-state index in [-0.39, 0.29) is 5.78 Å². The van der Waals surface area contributed by atoms with E-state index in [1.54, 1.807) is 0 Å². The molecule has 1 fully saturated rings. The average molecular weight is 364 g/mol. The molecule has 1 aliphatic rings. The van der Waals surface area contributed by atoms with E-state index in [1.807, 2.05) is 34.4 Å². The molecule has 1 aliphatic carbocycles. The van der Waals surface area contributed by atoms with Gasteiger partial charge in [0.15, 0.2) is 5.78 Å². The van der Waals surface area contributed by atoms with Crippen LogP contribution in [0.25, 0.3) is 0 Å². The van der Waals surface area contributed by atoms with Crippen molar-refractivity contribution in [2.75, 3.05) is 7.05 Å². The molecule has 2 nitrogen and oxygen atoms in total. The third kappa shape index (κ3) is 2.25. The molecular weight excluding hydrogens is 349 g/mol. The summed E-state index contributed by atoms with van der Waals surface area (Å²) in [4.78, 5) is 12.4. The number of halogens is 2. The SMILES string of the molecule is CN(I)[C@@]1(c2ccccc2Cl)CCCCC1=O. The lowest BCUT2D eigenvalue weighted by Gasteiger charge is -2.40. The van der Waals surface area contributed by atoms with Gasteiger partial charge >= 0.3 is 0 Å². The average Bonchev–Trinajstić information content (AvgIpc) is 2.30. The summed E-state index contributed by atoms with van der Waals surface area (Å²) in [6.45, 7) is 0. The summed E-state index contributed by atoms with van der Waals surface area (Å²) in [6.07, 6.45) is 3.58. The van der Waals surface area contributed by atoms with E-state index >= 15 is 0 Å². The first-order valence-corrected chi connectivity index (χ1v) is 7.11. The number of Topliss-reactive ketones (excluding diaryl/α,β-unsaturated/α-hetero) is 1. The monoisotopic (exact) mass is 363 g/mol. The smallest absolute Gasteiger partial charge is 0.158 e. The van der Waals surface area contributed by atoms with Gasteiger partial charge in [0.05, 0.1) is 0 Å². The molecule has 4 heteroatoms. The Hall–Kier alpha value is -0.130. The highest BCUT2D eigenvalue weighted by Gasteiger charge is 2.45. The quantitative estimate of drug-likeness (QED) is 0.585. The lowest BCUT2D eigenvalue weighted by atomic mass is 9.75. The maximum absolute atomic E-state index is 12.4. The van der Waals surface area contributed by atoms with E-state index in [1.165, 1.54) is 0 Å². The number of hydrogen-bond donors (Lipinski definition) is 0. The largest absolute Gasteiger partial charge is 0.297 e. The summed E-state index contributed by atoms with van der Waals surface area (Å²) >= 11 is 8.48. The molecule has 0 heterocycles. The Morgan fingerprint density at radius 3 is 2.65 bits per heavy atom. The van der Waals surface area contributed by atoms with Gasteiger partial charge in [0, 0.05) is 34.3 Å². The van der Waals surface area contributed by atoms with Crippen molar-refractivity contribution in [2.45, 2.75) is 31.2 Å². The van der Waals surface area contributed by atoms with E-state index < -0.39 is 5.54 Å². The summed E-state index contributed by atoms with van der Waals surface area (Å²) in [5.41, 5.74) is 0.417. The minimum absolute atomic E-state index is 0.286. The van der Waals surface area contributed by atoms with Crippen LogP contribution in [0.2, 0.25) is 5.02 Å². The number of carbonyl (C=O) groups excluding carboxylic acids is 1. The molecule has 92 valence electrons. The molecule has 0 amide bonds. The highest BCUT2D eigenvalue weighted by molar-refractivity contribution is 14.1. The zero-order valence-corrected chi connectivity index (χ0v) is 12.7. The van der Waals surface area contributed by atoms with Gasteiger partial charge in [-0.15, -0.1) is 0 Å². The van der Waals surface area contributed by atoms with Crippen LogP contribution in [-0.2, 0) is 10.3 Å². The maximum Gasteiger partial charge on any atom is 0.158 e. The number of nitrogens with zero attached hydrogens (tertiary/aromatic N) is 1. The van der Waals surface area contributed by atoms with Crippen molar-refractivity contribution in [3.05, 3.63) is 34.9 Å². The highest BCUT2D eigenvalue weighted by Crippen LogP contribution is 2.43. The van der Waals surface area contributed by atoms with Crippen molar-refractivity contribution < 1.29 is 4.79 Å². The summed E-state index contributed by atoms with van der Waals surface area (Å²) < 4.78 is 1.99. The molecule has 0 saturated heterocycles. The van der Waals surface area contributed by atoms with Gasteiger partial charge in [0.2, 0.25) is 0 Å². The Morgan fingerprint density at radius 2 is 2.06 bits per heavy atom. The molecule has 0 N–H and O–H groups in total. The van der Waals surface area contributed by atoms with Crippen LogP contribution in [0.4, 0.5) is 0 Å². The predicted molar refractivity (Wildman–Crippen MR) is 78.4 cm³/mol. The van der Waals surface area contributed by atoms with Gasteiger partial charge in [-0.1, -0.05) is 36.2 Å². The molecule has 1 saturated carbocycles. The number of rotatable bonds is 2. The van der Waals surface area contributed by atoms with Crippen molar-refractivity contribution in [1.29, 1.82) is 0 Å². The number of ketones is 1. The molecule has 0 aromatic heterocycles. The molecule has 0 radical (unpaired) electrons. The van der Waals surface area contributed by atoms with E-state index in [4.69, 9.17) is 11.6 Å². The van der Waals surface area contributed by atoms with Gasteiger partial charge in [-0.25, -0.2) is 3.11 Å². The predicted octanol–water partition coefficient (Wildman–Crippen LogP) is 3.96. The lowest BCUT2D eigenvalue weighted by Crippen LogP contribution is -2.47. The highest BCUT2D eigenvalue weighted by atomic mass is 127. The third-order valence-electron chi connectivity index (χ3n) is 3.50. The van der Waals surface area contributed by atoms with Crippen LogP contribution >= 0.6 is 34.5 Å². The van der Waals surface area contributed by atoms with Crippen molar-refractivity contribution >= 4 is 40.2 Å². The maximum atomic E-state index is 12.4. The number of hydrogen-bond acceptors (Lipinski definition) is 2. The standard InChI is InChI=1S/C13H15ClINO/c1-16(15)13(9-5-4-8-12(13)17)10-6-2-3-7-11(10)14/h2-3,6-7H,4-5,8-9H2,1H3/t13-/m1/s1. The fraction of sp³-hybridized carbons (Fsp3) is 0.462. The fourth-order valence-corrected chi connectivity index (χ4v) is 3.65. The zero-order chi connectivity index (χ0) is 12.5. The van der Waals surface area contributed by atoms with Crippen molar-refractivity contribution in [2.24, 2.45) is 0 Å². The fourth-order valence-electron chi connectivity index (χ4n) is 2.59. The second-order valence-electron chi connectivity index (χ2n) is 4.45. The Kier molecular flexibility index (Phi) is 4.10. The zero-order valence-electron chi connectivity index (χ0n) is 9.75. The second-order valence-corrected chi connectivity index (χ2v) is 6.30. The van der Waals surface area contributed by atoms with E-state index in [2.05, 4.69) is 22.9 Å². The Balaban J connectivity index is 2.55. The first kappa shape index (κ1) is 13.3. The lowest BCUT2D eigenvalue weighted by molar-refractivity contribution is -0.130. The summed E-state index contributed by atoms with van der Waals surface area (Å²) in [5, 5.41) is 0.686. The topological polar surface area (TPSA) is 20.3 Å². The molecule has 1 aromatic carbocycles. The minimum atomic E-state index is -0.531. The van der Waals surface area contributed by atoms with Gasteiger partial charge in [0.25, 0.3) is 0 Å².